The van der Waals surface area contributed by atoms with E-state index in [-0.39, 0.29) is 6.04 Å². The van der Waals surface area contributed by atoms with Crippen LogP contribution in [0.5, 0.6) is 0 Å². The van der Waals surface area contributed by atoms with Crippen LogP contribution in [0.1, 0.15) is 24.2 Å². The number of rotatable bonds is 3. The first-order valence-electron chi connectivity index (χ1n) is 5.85. The molecule has 0 amide bonds. The van der Waals surface area contributed by atoms with Gasteiger partial charge in [0.15, 0.2) is 5.82 Å². The van der Waals surface area contributed by atoms with Crippen molar-refractivity contribution in [1.82, 2.24) is 9.97 Å². The molecule has 0 aliphatic rings. The Morgan fingerprint density at radius 2 is 1.89 bits per heavy atom. The summed E-state index contributed by atoms with van der Waals surface area (Å²) in [6.45, 7) is 3.92. The first-order chi connectivity index (χ1) is 8.61. The molecule has 1 aromatic heterocycles. The third-order valence-electron chi connectivity index (χ3n) is 2.86. The molecule has 0 aliphatic heterocycles. The van der Waals surface area contributed by atoms with E-state index >= 15 is 0 Å². The second-order valence-corrected chi connectivity index (χ2v) is 5.13. The topological polar surface area (TPSA) is 51.8 Å². The number of aryl methyl sites for hydroxylation is 1. The minimum absolute atomic E-state index is 0.0297. The average molecular weight is 259 g/mol. The maximum atomic E-state index is 5.86. The minimum Gasteiger partial charge on any atom is -0.324 e. The molecule has 18 heavy (non-hydrogen) atoms. The van der Waals surface area contributed by atoms with E-state index in [0.29, 0.717) is 0 Å². The molecule has 1 atom stereocenters. The Hall–Kier alpha value is -1.39. The van der Waals surface area contributed by atoms with Crippen LogP contribution in [0.2, 0.25) is 0 Å². The third-order valence-corrected chi connectivity index (χ3v) is 3.60. The molecule has 94 valence electrons. The van der Waals surface area contributed by atoms with Crippen molar-refractivity contribution in [1.29, 1.82) is 0 Å². The first-order valence-corrected chi connectivity index (χ1v) is 7.08. The van der Waals surface area contributed by atoms with Gasteiger partial charge in [-0.2, -0.15) is 0 Å². The van der Waals surface area contributed by atoms with Crippen LogP contribution in [0.3, 0.4) is 0 Å². The minimum atomic E-state index is -0.0297. The Morgan fingerprint density at radius 3 is 2.39 bits per heavy atom. The summed E-state index contributed by atoms with van der Waals surface area (Å²) < 4.78 is 0. The molecule has 1 heterocycles. The van der Waals surface area contributed by atoms with Crippen LogP contribution in [0, 0.1) is 6.92 Å². The molecule has 0 spiro atoms. The molecular weight excluding hydrogens is 242 g/mol. The normalized spacial score (nSPS) is 12.4. The second-order valence-electron chi connectivity index (χ2n) is 4.25. The van der Waals surface area contributed by atoms with Gasteiger partial charge in [-0.25, -0.2) is 9.97 Å². The standard InChI is InChI=1S/C14H17N3S/c1-9(15)13-8-16-14(17-10(13)2)11-4-6-12(18-3)7-5-11/h4-9H,15H2,1-3H3/t9-/m1/s1. The third kappa shape index (κ3) is 2.71. The van der Waals surface area contributed by atoms with Gasteiger partial charge >= 0.3 is 0 Å². The highest BCUT2D eigenvalue weighted by molar-refractivity contribution is 7.98. The van der Waals surface area contributed by atoms with Crippen LogP contribution in [0.25, 0.3) is 11.4 Å². The van der Waals surface area contributed by atoms with E-state index in [4.69, 9.17) is 5.73 Å². The lowest BCUT2D eigenvalue weighted by Crippen LogP contribution is -2.09. The fourth-order valence-electron chi connectivity index (χ4n) is 1.80. The monoisotopic (exact) mass is 259 g/mol. The zero-order valence-corrected chi connectivity index (χ0v) is 11.7. The van der Waals surface area contributed by atoms with Crippen LogP contribution < -0.4 is 5.73 Å². The van der Waals surface area contributed by atoms with E-state index in [2.05, 4.69) is 28.4 Å². The summed E-state index contributed by atoms with van der Waals surface area (Å²) in [4.78, 5) is 10.1. The summed E-state index contributed by atoms with van der Waals surface area (Å²) in [6, 6.07) is 8.23. The summed E-state index contributed by atoms with van der Waals surface area (Å²) in [6.07, 6.45) is 3.89. The van der Waals surface area contributed by atoms with Crippen molar-refractivity contribution in [3.63, 3.8) is 0 Å². The van der Waals surface area contributed by atoms with E-state index in [9.17, 15) is 0 Å². The molecule has 0 unspecified atom stereocenters. The summed E-state index contributed by atoms with van der Waals surface area (Å²) in [5, 5.41) is 0. The van der Waals surface area contributed by atoms with Gasteiger partial charge in [0.25, 0.3) is 0 Å². The highest BCUT2D eigenvalue weighted by Gasteiger charge is 2.08. The van der Waals surface area contributed by atoms with E-state index in [1.807, 2.05) is 32.2 Å². The highest BCUT2D eigenvalue weighted by Crippen LogP contribution is 2.22. The van der Waals surface area contributed by atoms with Gasteiger partial charge in [0.1, 0.15) is 0 Å². The van der Waals surface area contributed by atoms with Crippen molar-refractivity contribution in [2.75, 3.05) is 6.26 Å². The molecule has 0 bridgehead atoms. The Labute approximate surface area is 112 Å². The van der Waals surface area contributed by atoms with E-state index < -0.39 is 0 Å². The van der Waals surface area contributed by atoms with Gasteiger partial charge in [-0.3, -0.25) is 0 Å². The molecule has 0 aliphatic carbocycles. The van der Waals surface area contributed by atoms with Gasteiger partial charge < -0.3 is 5.73 Å². The van der Waals surface area contributed by atoms with Crippen molar-refractivity contribution in [3.8, 4) is 11.4 Å². The largest absolute Gasteiger partial charge is 0.324 e. The van der Waals surface area contributed by atoms with Crippen molar-refractivity contribution >= 4 is 11.8 Å². The van der Waals surface area contributed by atoms with E-state index in [0.717, 1.165) is 22.6 Å². The summed E-state index contributed by atoms with van der Waals surface area (Å²) >= 11 is 1.72. The Balaban J connectivity index is 2.36. The molecule has 1 aromatic carbocycles. The average Bonchev–Trinajstić information content (AvgIpc) is 2.38. The molecular formula is C14H17N3S. The summed E-state index contributed by atoms with van der Waals surface area (Å²) in [5.74, 6) is 0.754. The first kappa shape index (κ1) is 13.1. The van der Waals surface area contributed by atoms with Crippen molar-refractivity contribution in [3.05, 3.63) is 41.7 Å². The highest BCUT2D eigenvalue weighted by atomic mass is 32.2. The molecule has 0 fully saturated rings. The van der Waals surface area contributed by atoms with E-state index in [1.165, 1.54) is 4.90 Å². The number of hydrogen-bond donors (Lipinski definition) is 1. The number of nitrogens with zero attached hydrogens (tertiary/aromatic N) is 2. The zero-order chi connectivity index (χ0) is 13.1. The molecule has 0 saturated heterocycles. The predicted octanol–water partition coefficient (Wildman–Crippen LogP) is 3.19. The Morgan fingerprint density at radius 1 is 1.22 bits per heavy atom. The van der Waals surface area contributed by atoms with Crippen LogP contribution in [0.15, 0.2) is 35.4 Å². The quantitative estimate of drug-likeness (QED) is 0.860. The summed E-state index contributed by atoms with van der Waals surface area (Å²) in [5.41, 5.74) is 8.84. The fraction of sp³-hybridized carbons (Fsp3) is 0.286. The van der Waals surface area contributed by atoms with Crippen molar-refractivity contribution in [2.24, 2.45) is 5.73 Å². The lowest BCUT2D eigenvalue weighted by Gasteiger charge is -2.09. The van der Waals surface area contributed by atoms with Gasteiger partial charge in [0.05, 0.1) is 0 Å². The van der Waals surface area contributed by atoms with Crippen molar-refractivity contribution < 1.29 is 0 Å². The Kier molecular flexibility index (Phi) is 3.99. The number of thioether (sulfide) groups is 1. The number of hydrogen-bond acceptors (Lipinski definition) is 4. The van der Waals surface area contributed by atoms with Gasteiger partial charge in [-0.15, -0.1) is 11.8 Å². The number of nitrogens with two attached hydrogens (primary N) is 1. The predicted molar refractivity (Wildman–Crippen MR) is 76.6 cm³/mol. The fourth-order valence-corrected chi connectivity index (χ4v) is 2.21. The van der Waals surface area contributed by atoms with E-state index in [1.54, 1.807) is 11.8 Å². The van der Waals surface area contributed by atoms with Crippen LogP contribution >= 0.6 is 11.8 Å². The summed E-state index contributed by atoms with van der Waals surface area (Å²) in [7, 11) is 0. The van der Waals surface area contributed by atoms with Gasteiger partial charge in [-0.1, -0.05) is 12.1 Å². The maximum absolute atomic E-state index is 5.86. The zero-order valence-electron chi connectivity index (χ0n) is 10.8. The van der Waals surface area contributed by atoms with Gasteiger partial charge in [0.2, 0.25) is 0 Å². The molecule has 2 rings (SSSR count). The molecule has 2 aromatic rings. The molecule has 4 heteroatoms. The second kappa shape index (κ2) is 5.50. The molecule has 2 N–H and O–H groups in total. The smallest absolute Gasteiger partial charge is 0.159 e. The Bertz CT molecular complexity index is 535. The van der Waals surface area contributed by atoms with Crippen LogP contribution in [-0.4, -0.2) is 16.2 Å². The maximum Gasteiger partial charge on any atom is 0.159 e. The van der Waals surface area contributed by atoms with Crippen LogP contribution in [-0.2, 0) is 0 Å². The molecule has 3 nitrogen and oxygen atoms in total. The molecule has 0 saturated carbocycles. The lowest BCUT2D eigenvalue weighted by atomic mass is 10.1. The van der Waals surface area contributed by atoms with Gasteiger partial charge in [-0.05, 0) is 32.2 Å². The lowest BCUT2D eigenvalue weighted by molar-refractivity contribution is 0.790. The van der Waals surface area contributed by atoms with Gasteiger partial charge in [0, 0.05) is 34.0 Å². The number of benzene rings is 1. The SMILES string of the molecule is CSc1ccc(-c2ncc([C@@H](C)N)c(C)n2)cc1. The number of aromatic nitrogens is 2. The van der Waals surface area contributed by atoms with Crippen LogP contribution in [0.4, 0.5) is 0 Å². The van der Waals surface area contributed by atoms with Crippen molar-refractivity contribution in [2.45, 2.75) is 24.8 Å². The molecule has 0 radical (unpaired) electrons.